The average Bonchev–Trinajstić information content (AvgIpc) is 2.28. The fourth-order valence-corrected chi connectivity index (χ4v) is 1.36. The van der Waals surface area contributed by atoms with Gasteiger partial charge >= 0.3 is 0 Å². The number of carbonyl (C=O) groups is 1. The van der Waals surface area contributed by atoms with Crippen LogP contribution in [0.4, 0.5) is 0 Å². The number of carbonyl (C=O) groups excluding carboxylic acids is 1. The lowest BCUT2D eigenvalue weighted by molar-refractivity contribution is 0.0947. The van der Waals surface area contributed by atoms with Crippen LogP contribution in [-0.4, -0.2) is 22.4 Å². The zero-order valence-corrected chi connectivity index (χ0v) is 10.9. The Balaban J connectivity index is 2.55. The second kappa shape index (κ2) is 6.30. The maximum Gasteiger partial charge on any atom is 0.269 e. The van der Waals surface area contributed by atoms with E-state index in [9.17, 15) is 4.79 Å². The Labute approximate surface area is 107 Å². The molecule has 1 aromatic heterocycles. The van der Waals surface area contributed by atoms with Gasteiger partial charge in [0, 0.05) is 18.3 Å². The number of nitrogens with one attached hydrogen (secondary N) is 1. The summed E-state index contributed by atoms with van der Waals surface area (Å²) in [6, 6.07) is 3.33. The highest BCUT2D eigenvalue weighted by Gasteiger charge is 2.07. The normalized spacial score (nSPS) is 10.3. The highest BCUT2D eigenvalue weighted by atomic mass is 32.1. The summed E-state index contributed by atoms with van der Waals surface area (Å²) in [4.78, 5) is 16.0. The monoisotopic (exact) mass is 251 g/mol. The quantitative estimate of drug-likeness (QED) is 0.778. The second-order valence-electron chi connectivity index (χ2n) is 4.23. The molecule has 0 aromatic carbocycles. The first-order valence-electron chi connectivity index (χ1n) is 5.54. The van der Waals surface area contributed by atoms with Gasteiger partial charge in [0.05, 0.1) is 0 Å². The Morgan fingerprint density at radius 2 is 2.24 bits per heavy atom. The third-order valence-corrected chi connectivity index (χ3v) is 2.52. The van der Waals surface area contributed by atoms with Gasteiger partial charge in [0.15, 0.2) is 0 Å². The van der Waals surface area contributed by atoms with E-state index >= 15 is 0 Å². The molecule has 1 aromatic rings. The minimum absolute atomic E-state index is 0.167. The van der Waals surface area contributed by atoms with Crippen LogP contribution in [0.15, 0.2) is 18.3 Å². The summed E-state index contributed by atoms with van der Waals surface area (Å²) in [5.41, 5.74) is 6.49. The molecular formula is C12H17N3OS. The molecule has 0 unspecified atom stereocenters. The summed E-state index contributed by atoms with van der Waals surface area (Å²) in [5, 5.41) is 2.81. The van der Waals surface area contributed by atoms with E-state index < -0.39 is 0 Å². The van der Waals surface area contributed by atoms with Gasteiger partial charge in [-0.25, -0.2) is 0 Å². The zero-order chi connectivity index (χ0) is 12.8. The van der Waals surface area contributed by atoms with Gasteiger partial charge in [0.2, 0.25) is 0 Å². The first kappa shape index (κ1) is 13.6. The molecule has 1 rings (SSSR count). The molecule has 0 fully saturated rings. The number of hydrogen-bond donors (Lipinski definition) is 2. The van der Waals surface area contributed by atoms with Crippen molar-refractivity contribution in [2.45, 2.75) is 20.3 Å². The van der Waals surface area contributed by atoms with E-state index in [1.165, 1.54) is 6.20 Å². The molecule has 17 heavy (non-hydrogen) atoms. The molecule has 0 saturated carbocycles. The first-order chi connectivity index (χ1) is 8.00. The van der Waals surface area contributed by atoms with Crippen molar-refractivity contribution in [1.29, 1.82) is 0 Å². The predicted molar refractivity (Wildman–Crippen MR) is 71.9 cm³/mol. The van der Waals surface area contributed by atoms with E-state index in [4.69, 9.17) is 18.0 Å². The minimum Gasteiger partial charge on any atom is -0.389 e. The molecule has 0 bridgehead atoms. The fraction of sp³-hybridized carbons (Fsp3) is 0.417. The number of thiocarbonyl (C=S) groups is 1. The molecule has 0 saturated heterocycles. The van der Waals surface area contributed by atoms with Crippen LogP contribution in [0, 0.1) is 5.92 Å². The van der Waals surface area contributed by atoms with Crippen molar-refractivity contribution >= 4 is 23.1 Å². The molecule has 0 aliphatic carbocycles. The molecule has 3 N–H and O–H groups in total. The second-order valence-corrected chi connectivity index (χ2v) is 4.67. The lowest BCUT2D eigenvalue weighted by Crippen LogP contribution is -2.26. The van der Waals surface area contributed by atoms with Crippen LogP contribution in [0.3, 0.4) is 0 Å². The lowest BCUT2D eigenvalue weighted by atomic mass is 10.1. The summed E-state index contributed by atoms with van der Waals surface area (Å²) < 4.78 is 0. The van der Waals surface area contributed by atoms with Gasteiger partial charge in [-0.15, -0.1) is 0 Å². The molecular weight excluding hydrogens is 234 g/mol. The van der Waals surface area contributed by atoms with E-state index in [-0.39, 0.29) is 10.9 Å². The molecule has 0 atom stereocenters. The molecule has 5 heteroatoms. The number of aromatic nitrogens is 1. The third-order valence-electron chi connectivity index (χ3n) is 2.29. The first-order valence-corrected chi connectivity index (χ1v) is 5.95. The van der Waals surface area contributed by atoms with Gasteiger partial charge in [-0.3, -0.25) is 9.78 Å². The Bertz CT molecular complexity index is 401. The van der Waals surface area contributed by atoms with Gasteiger partial charge < -0.3 is 11.1 Å². The van der Waals surface area contributed by atoms with Crippen LogP contribution in [0.1, 0.15) is 36.3 Å². The number of pyridine rings is 1. The molecule has 0 radical (unpaired) electrons. The van der Waals surface area contributed by atoms with Gasteiger partial charge in [0.1, 0.15) is 10.7 Å². The van der Waals surface area contributed by atoms with Crippen molar-refractivity contribution in [3.63, 3.8) is 0 Å². The molecule has 1 heterocycles. The van der Waals surface area contributed by atoms with Crippen LogP contribution in [0.2, 0.25) is 0 Å². The smallest absolute Gasteiger partial charge is 0.269 e. The van der Waals surface area contributed by atoms with Gasteiger partial charge in [-0.2, -0.15) is 0 Å². The third kappa shape index (κ3) is 4.48. The van der Waals surface area contributed by atoms with Crippen molar-refractivity contribution in [2.75, 3.05) is 6.54 Å². The SMILES string of the molecule is CC(C)CCNC(=O)c1ccc(C(N)=S)cn1. The van der Waals surface area contributed by atoms with E-state index in [2.05, 4.69) is 24.1 Å². The topological polar surface area (TPSA) is 68.0 Å². The van der Waals surface area contributed by atoms with Crippen molar-refractivity contribution in [3.05, 3.63) is 29.6 Å². The number of rotatable bonds is 5. The van der Waals surface area contributed by atoms with E-state index in [0.29, 0.717) is 23.7 Å². The van der Waals surface area contributed by atoms with E-state index in [0.717, 1.165) is 6.42 Å². The zero-order valence-electron chi connectivity index (χ0n) is 10.1. The Morgan fingerprint density at radius 1 is 1.53 bits per heavy atom. The number of hydrogen-bond acceptors (Lipinski definition) is 3. The number of amides is 1. The lowest BCUT2D eigenvalue weighted by Gasteiger charge is -2.06. The maximum absolute atomic E-state index is 11.7. The maximum atomic E-state index is 11.7. The van der Waals surface area contributed by atoms with Crippen molar-refractivity contribution in [2.24, 2.45) is 11.7 Å². The standard InChI is InChI=1S/C12H17N3OS/c1-8(2)5-6-14-12(16)10-4-3-9(7-15-10)11(13)17/h3-4,7-8H,5-6H2,1-2H3,(H2,13,17)(H,14,16). The van der Waals surface area contributed by atoms with E-state index in [1.54, 1.807) is 12.1 Å². The van der Waals surface area contributed by atoms with Crippen LogP contribution in [-0.2, 0) is 0 Å². The Morgan fingerprint density at radius 3 is 2.71 bits per heavy atom. The summed E-state index contributed by atoms with van der Waals surface area (Å²) in [5.74, 6) is 0.403. The molecule has 0 aliphatic heterocycles. The fourth-order valence-electron chi connectivity index (χ4n) is 1.24. The van der Waals surface area contributed by atoms with Crippen LogP contribution in [0.25, 0.3) is 0 Å². The van der Waals surface area contributed by atoms with Gasteiger partial charge in [-0.1, -0.05) is 26.1 Å². The van der Waals surface area contributed by atoms with Crippen LogP contribution in [0.5, 0.6) is 0 Å². The van der Waals surface area contributed by atoms with Crippen molar-refractivity contribution in [3.8, 4) is 0 Å². The number of nitrogens with zero attached hydrogens (tertiary/aromatic N) is 1. The van der Waals surface area contributed by atoms with Gasteiger partial charge in [0.25, 0.3) is 5.91 Å². The number of nitrogens with two attached hydrogens (primary N) is 1. The summed E-state index contributed by atoms with van der Waals surface area (Å²) in [7, 11) is 0. The van der Waals surface area contributed by atoms with Crippen molar-refractivity contribution < 1.29 is 4.79 Å². The average molecular weight is 251 g/mol. The van der Waals surface area contributed by atoms with Gasteiger partial charge in [-0.05, 0) is 24.5 Å². The summed E-state index contributed by atoms with van der Waals surface area (Å²) in [6.45, 7) is 4.89. The summed E-state index contributed by atoms with van der Waals surface area (Å²) in [6.07, 6.45) is 2.47. The largest absolute Gasteiger partial charge is 0.389 e. The minimum atomic E-state index is -0.167. The molecule has 0 spiro atoms. The van der Waals surface area contributed by atoms with E-state index in [1.807, 2.05) is 0 Å². The predicted octanol–water partition coefficient (Wildman–Crippen LogP) is 1.49. The molecule has 1 amide bonds. The highest BCUT2D eigenvalue weighted by molar-refractivity contribution is 7.80. The Hall–Kier alpha value is -1.49. The molecule has 92 valence electrons. The van der Waals surface area contributed by atoms with Crippen molar-refractivity contribution in [1.82, 2.24) is 10.3 Å². The highest BCUT2D eigenvalue weighted by Crippen LogP contribution is 2.01. The van der Waals surface area contributed by atoms with Crippen LogP contribution < -0.4 is 11.1 Å². The van der Waals surface area contributed by atoms with Crippen LogP contribution >= 0.6 is 12.2 Å². The summed E-state index contributed by atoms with van der Waals surface area (Å²) >= 11 is 4.81. The Kier molecular flexibility index (Phi) is 5.03. The molecule has 4 nitrogen and oxygen atoms in total. The molecule has 0 aliphatic rings.